The van der Waals surface area contributed by atoms with Gasteiger partial charge in [-0.05, 0) is 25.0 Å². The van der Waals surface area contributed by atoms with Gasteiger partial charge in [0.15, 0.2) is 0 Å². The van der Waals surface area contributed by atoms with Gasteiger partial charge in [-0.1, -0.05) is 0 Å². The summed E-state index contributed by atoms with van der Waals surface area (Å²) in [5.74, 6) is -0.235. The van der Waals surface area contributed by atoms with Gasteiger partial charge in [0, 0.05) is 18.8 Å². The number of hydrogen-bond acceptors (Lipinski definition) is 4. The molecule has 0 atom stereocenters. The zero-order chi connectivity index (χ0) is 11.5. The summed E-state index contributed by atoms with van der Waals surface area (Å²) in [6.45, 7) is 0.628. The maximum atomic E-state index is 10.7. The molecular weight excluding hydrogens is 208 g/mol. The molecule has 0 aromatic carbocycles. The minimum absolute atomic E-state index is 0.0822. The molecule has 16 heavy (non-hydrogen) atoms. The topological polar surface area (TPSA) is 73.7 Å². The predicted molar refractivity (Wildman–Crippen MR) is 58.7 cm³/mol. The average Bonchev–Trinajstić information content (AvgIpc) is 3.10. The molecule has 1 aromatic heterocycles. The number of anilines is 1. The van der Waals surface area contributed by atoms with Crippen molar-refractivity contribution in [2.24, 2.45) is 0 Å². The number of carboxylic acids is 1. The van der Waals surface area contributed by atoms with Crippen molar-refractivity contribution >= 4 is 11.8 Å². The Balaban J connectivity index is 2.14. The second kappa shape index (κ2) is 4.49. The molecule has 5 nitrogen and oxygen atoms in total. The summed E-state index contributed by atoms with van der Waals surface area (Å²) in [4.78, 5) is 16.8. The van der Waals surface area contributed by atoms with Crippen LogP contribution in [0.1, 0.15) is 23.2 Å². The number of aliphatic hydroxyl groups excluding tert-OH is 1. The Kier molecular flexibility index (Phi) is 3.05. The van der Waals surface area contributed by atoms with Crippen LogP contribution >= 0.6 is 0 Å². The van der Waals surface area contributed by atoms with E-state index in [1.165, 1.54) is 12.3 Å². The summed E-state index contributed by atoms with van der Waals surface area (Å²) >= 11 is 0. The largest absolute Gasteiger partial charge is 0.478 e. The zero-order valence-corrected chi connectivity index (χ0v) is 8.83. The molecular formula is C11H14N2O3. The minimum atomic E-state index is -0.973. The summed E-state index contributed by atoms with van der Waals surface area (Å²) in [5.41, 5.74) is 0.184. The zero-order valence-electron chi connectivity index (χ0n) is 8.83. The highest BCUT2D eigenvalue weighted by molar-refractivity contribution is 5.87. The van der Waals surface area contributed by atoms with Crippen LogP contribution in [0.5, 0.6) is 0 Å². The van der Waals surface area contributed by atoms with E-state index in [-0.39, 0.29) is 12.2 Å². The van der Waals surface area contributed by atoms with Crippen LogP contribution in [0.3, 0.4) is 0 Å². The lowest BCUT2D eigenvalue weighted by molar-refractivity contribution is 0.0696. The van der Waals surface area contributed by atoms with E-state index in [1.54, 1.807) is 6.07 Å². The van der Waals surface area contributed by atoms with Crippen LogP contribution in [-0.4, -0.2) is 40.4 Å². The Hall–Kier alpha value is -1.62. The summed E-state index contributed by atoms with van der Waals surface area (Å²) < 4.78 is 0. The number of nitrogens with zero attached hydrogens (tertiary/aromatic N) is 2. The van der Waals surface area contributed by atoms with Gasteiger partial charge in [0.2, 0.25) is 0 Å². The first-order chi connectivity index (χ1) is 7.72. The van der Waals surface area contributed by atoms with Crippen molar-refractivity contribution in [1.29, 1.82) is 0 Å². The van der Waals surface area contributed by atoms with Gasteiger partial charge < -0.3 is 15.1 Å². The molecule has 1 heterocycles. The monoisotopic (exact) mass is 222 g/mol. The Morgan fingerprint density at radius 1 is 1.50 bits per heavy atom. The number of hydrogen-bond donors (Lipinski definition) is 2. The highest BCUT2D eigenvalue weighted by atomic mass is 16.4. The van der Waals surface area contributed by atoms with E-state index in [2.05, 4.69) is 4.98 Å². The Morgan fingerprint density at radius 3 is 2.69 bits per heavy atom. The van der Waals surface area contributed by atoms with Gasteiger partial charge in [-0.15, -0.1) is 0 Å². The Morgan fingerprint density at radius 2 is 2.25 bits per heavy atom. The second-order valence-electron chi connectivity index (χ2n) is 3.86. The van der Waals surface area contributed by atoms with E-state index >= 15 is 0 Å². The first-order valence-corrected chi connectivity index (χ1v) is 5.29. The first kappa shape index (κ1) is 10.9. The molecule has 0 amide bonds. The molecule has 1 aliphatic carbocycles. The van der Waals surface area contributed by atoms with Crippen LogP contribution in [0.25, 0.3) is 0 Å². The van der Waals surface area contributed by atoms with Gasteiger partial charge in [0.05, 0.1) is 12.2 Å². The summed E-state index contributed by atoms with van der Waals surface area (Å²) in [7, 11) is 0. The Labute approximate surface area is 93.3 Å². The SMILES string of the molecule is O=C(O)c1ccc(N(CCO)C2CC2)nc1. The van der Waals surface area contributed by atoms with Crippen molar-refractivity contribution in [3.63, 3.8) is 0 Å². The lowest BCUT2D eigenvalue weighted by Gasteiger charge is -2.22. The van der Waals surface area contributed by atoms with Crippen molar-refractivity contribution in [3.8, 4) is 0 Å². The van der Waals surface area contributed by atoms with Crippen molar-refractivity contribution in [1.82, 2.24) is 4.98 Å². The van der Waals surface area contributed by atoms with Gasteiger partial charge in [0.25, 0.3) is 0 Å². The quantitative estimate of drug-likeness (QED) is 0.768. The van der Waals surface area contributed by atoms with E-state index < -0.39 is 5.97 Å². The fraction of sp³-hybridized carbons (Fsp3) is 0.455. The normalized spacial score (nSPS) is 14.8. The van der Waals surface area contributed by atoms with Crippen LogP contribution in [0, 0.1) is 0 Å². The van der Waals surface area contributed by atoms with Crippen molar-refractivity contribution in [2.75, 3.05) is 18.1 Å². The molecule has 2 rings (SSSR count). The molecule has 86 valence electrons. The lowest BCUT2D eigenvalue weighted by Crippen LogP contribution is -2.29. The second-order valence-corrected chi connectivity index (χ2v) is 3.86. The van der Waals surface area contributed by atoms with Gasteiger partial charge in [0.1, 0.15) is 5.82 Å². The minimum Gasteiger partial charge on any atom is -0.478 e. The van der Waals surface area contributed by atoms with Crippen LogP contribution in [0.15, 0.2) is 18.3 Å². The number of carbonyl (C=O) groups is 1. The van der Waals surface area contributed by atoms with Crippen LogP contribution in [0.4, 0.5) is 5.82 Å². The smallest absolute Gasteiger partial charge is 0.337 e. The third kappa shape index (κ3) is 2.30. The molecule has 0 unspecified atom stereocenters. The molecule has 2 N–H and O–H groups in total. The van der Waals surface area contributed by atoms with E-state index in [0.717, 1.165) is 18.7 Å². The molecule has 0 spiro atoms. The molecule has 1 saturated carbocycles. The van der Waals surface area contributed by atoms with Gasteiger partial charge >= 0.3 is 5.97 Å². The fourth-order valence-corrected chi connectivity index (χ4v) is 1.66. The third-order valence-corrected chi connectivity index (χ3v) is 2.62. The Bertz CT molecular complexity index is 373. The number of aliphatic hydroxyl groups is 1. The maximum absolute atomic E-state index is 10.7. The van der Waals surface area contributed by atoms with E-state index in [1.807, 2.05) is 4.90 Å². The highest BCUT2D eigenvalue weighted by Crippen LogP contribution is 2.30. The van der Waals surface area contributed by atoms with Crippen molar-refractivity contribution < 1.29 is 15.0 Å². The summed E-state index contributed by atoms with van der Waals surface area (Å²) in [6, 6.07) is 3.69. The summed E-state index contributed by atoms with van der Waals surface area (Å²) in [5, 5.41) is 17.7. The first-order valence-electron chi connectivity index (χ1n) is 5.29. The number of aromatic carboxylic acids is 1. The number of carboxylic acid groups (broad SMARTS) is 1. The number of aromatic nitrogens is 1. The fourth-order valence-electron chi connectivity index (χ4n) is 1.66. The summed E-state index contributed by atoms with van der Waals surface area (Å²) in [6.07, 6.45) is 3.58. The van der Waals surface area contributed by atoms with Gasteiger partial charge in [-0.3, -0.25) is 0 Å². The third-order valence-electron chi connectivity index (χ3n) is 2.62. The van der Waals surface area contributed by atoms with E-state index in [9.17, 15) is 4.79 Å². The molecule has 0 radical (unpaired) electrons. The molecule has 1 aromatic rings. The number of pyridine rings is 1. The predicted octanol–water partition coefficient (Wildman–Crippen LogP) is 0.741. The molecule has 1 fully saturated rings. The van der Waals surface area contributed by atoms with E-state index in [0.29, 0.717) is 12.6 Å². The van der Waals surface area contributed by atoms with Crippen LogP contribution in [-0.2, 0) is 0 Å². The van der Waals surface area contributed by atoms with Gasteiger partial charge in [-0.25, -0.2) is 9.78 Å². The molecule has 5 heteroatoms. The standard InChI is InChI=1S/C11H14N2O3/c14-6-5-13(9-2-3-9)10-4-1-8(7-12-10)11(15)16/h1,4,7,9,14H,2-3,5-6H2,(H,15,16). The van der Waals surface area contributed by atoms with Crippen LogP contribution < -0.4 is 4.90 Å². The average molecular weight is 222 g/mol. The highest BCUT2D eigenvalue weighted by Gasteiger charge is 2.29. The lowest BCUT2D eigenvalue weighted by atomic mass is 10.3. The van der Waals surface area contributed by atoms with E-state index in [4.69, 9.17) is 10.2 Å². The van der Waals surface area contributed by atoms with Crippen LogP contribution in [0.2, 0.25) is 0 Å². The molecule has 0 bridgehead atoms. The molecule has 0 saturated heterocycles. The van der Waals surface area contributed by atoms with Crippen molar-refractivity contribution in [3.05, 3.63) is 23.9 Å². The van der Waals surface area contributed by atoms with Gasteiger partial charge in [-0.2, -0.15) is 0 Å². The van der Waals surface area contributed by atoms with Crippen molar-refractivity contribution in [2.45, 2.75) is 18.9 Å². The molecule has 1 aliphatic rings. The number of rotatable bonds is 5. The maximum Gasteiger partial charge on any atom is 0.337 e. The molecule has 0 aliphatic heterocycles.